The molecule has 0 saturated heterocycles. The Morgan fingerprint density at radius 1 is 1.02 bits per heavy atom. The van der Waals surface area contributed by atoms with Gasteiger partial charge in [-0.2, -0.15) is 0 Å². The third kappa shape index (κ3) is 7.31. The number of anilines is 1. The number of nitrogens with two attached hydrogens (primary N) is 1. The lowest BCUT2D eigenvalue weighted by molar-refractivity contribution is -0.220. The molecule has 1 heterocycles. The molecule has 9 atom stereocenters. The molecule has 5 N–H and O–H groups in total. The van der Waals surface area contributed by atoms with E-state index in [1.54, 1.807) is 39.2 Å². The standard InChI is InChI=1S/C46H52FN3O9/c1-27-20-37-36-11-9-32-22-34(51)14-17-43(32,2)45(36,47)38(52)23-44(37,3)46(27,57)39(53)26-59-41(55)13-12-40(54)58-19-16-28-4-6-29(7-5-28)35(24-48)42(56)50-33-10-8-31-25-49-18-15-30(31)21-33/h4-8,10,14-15,17-18,21-22,25,27,35-38,52,57H,9,11-13,16,19-20,23-24,26,48H2,1-3H3,(H,50,56)/t27-,35?,36+,37+,38+,43+,44+,45+,46+/m1/s1. The number of rotatable bonds is 13. The van der Waals surface area contributed by atoms with Crippen molar-refractivity contribution in [3.8, 4) is 0 Å². The van der Waals surface area contributed by atoms with E-state index < -0.39 is 76.2 Å². The Labute approximate surface area is 342 Å². The fourth-order valence-electron chi connectivity index (χ4n) is 10.7. The lowest BCUT2D eigenvalue weighted by Crippen LogP contribution is -2.69. The molecule has 4 aliphatic rings. The van der Waals surface area contributed by atoms with Crippen molar-refractivity contribution in [3.63, 3.8) is 0 Å². The fraction of sp³-hybridized carbons (Fsp3) is 0.478. The summed E-state index contributed by atoms with van der Waals surface area (Å²) in [7, 11) is 0. The van der Waals surface area contributed by atoms with Crippen LogP contribution < -0.4 is 11.1 Å². The molecule has 3 saturated carbocycles. The summed E-state index contributed by atoms with van der Waals surface area (Å²) in [5.74, 6) is -4.97. The molecule has 3 aromatic rings. The third-order valence-corrected chi connectivity index (χ3v) is 14.0. The number of nitrogens with zero attached hydrogens (tertiary/aromatic N) is 1. The van der Waals surface area contributed by atoms with Gasteiger partial charge in [0.15, 0.2) is 18.1 Å². The summed E-state index contributed by atoms with van der Waals surface area (Å²) in [6.45, 7) is 4.55. The number of hydrogen-bond acceptors (Lipinski definition) is 11. The van der Waals surface area contributed by atoms with Gasteiger partial charge in [-0.3, -0.25) is 29.0 Å². The molecule has 1 aromatic heterocycles. The third-order valence-electron chi connectivity index (χ3n) is 14.0. The van der Waals surface area contributed by atoms with Crippen LogP contribution in [0.25, 0.3) is 10.8 Å². The predicted octanol–water partition coefficient (Wildman–Crippen LogP) is 5.24. The van der Waals surface area contributed by atoms with Gasteiger partial charge in [0.2, 0.25) is 11.7 Å². The number of carbonyl (C=O) groups excluding carboxylic acids is 5. The van der Waals surface area contributed by atoms with E-state index in [0.717, 1.165) is 21.9 Å². The summed E-state index contributed by atoms with van der Waals surface area (Å²) >= 11 is 0. The van der Waals surface area contributed by atoms with Crippen LogP contribution in [0.4, 0.5) is 10.1 Å². The van der Waals surface area contributed by atoms with Gasteiger partial charge in [0.25, 0.3) is 0 Å². The molecular weight excluding hydrogens is 758 g/mol. The summed E-state index contributed by atoms with van der Waals surface area (Å²) in [6, 6.07) is 14.7. The van der Waals surface area contributed by atoms with Crippen molar-refractivity contribution >= 4 is 45.9 Å². The Hall–Kier alpha value is -5.11. The van der Waals surface area contributed by atoms with Crippen molar-refractivity contribution < 1.29 is 48.0 Å². The number of fused-ring (bicyclic) bond motifs is 6. The number of carbonyl (C=O) groups is 5. The van der Waals surface area contributed by atoms with E-state index in [1.165, 1.54) is 12.2 Å². The molecule has 1 amide bonds. The van der Waals surface area contributed by atoms with Crippen molar-refractivity contribution in [2.45, 2.75) is 89.0 Å². The van der Waals surface area contributed by atoms with Crippen LogP contribution in [0.2, 0.25) is 0 Å². The van der Waals surface area contributed by atoms with Gasteiger partial charge in [-0.1, -0.05) is 55.8 Å². The topological polar surface area (TPSA) is 195 Å². The smallest absolute Gasteiger partial charge is 0.306 e. The molecule has 12 nitrogen and oxygen atoms in total. The molecule has 7 rings (SSSR count). The van der Waals surface area contributed by atoms with Crippen LogP contribution in [0, 0.1) is 28.6 Å². The number of ketones is 2. The van der Waals surface area contributed by atoms with Crippen LogP contribution in [0.1, 0.15) is 76.3 Å². The maximum atomic E-state index is 17.4. The molecule has 0 aliphatic heterocycles. The number of esters is 2. The molecule has 312 valence electrons. The quantitative estimate of drug-likeness (QED) is 0.165. The SMILES string of the molecule is C[C@@H]1C[C@H]2[C@@H]3CCC4=CC(=O)C=C[C@]4(C)[C@@]3(F)[C@@H](O)C[C@]2(C)[C@@]1(O)C(=O)COC(=O)CCC(=O)OCCc1ccc(C(CN)C(=O)Nc2ccc3cnccc3c2)cc1. The number of benzene rings is 2. The number of pyridine rings is 1. The van der Waals surface area contributed by atoms with E-state index in [0.29, 0.717) is 36.9 Å². The number of aliphatic hydroxyl groups is 2. The first kappa shape index (κ1) is 42.0. The van der Waals surface area contributed by atoms with Crippen LogP contribution in [0.5, 0.6) is 0 Å². The van der Waals surface area contributed by atoms with Gasteiger partial charge < -0.3 is 30.7 Å². The van der Waals surface area contributed by atoms with E-state index in [9.17, 15) is 34.2 Å². The normalized spacial score (nSPS) is 31.3. The first-order valence-electron chi connectivity index (χ1n) is 20.4. The Kier molecular flexibility index (Phi) is 11.5. The average Bonchev–Trinajstić information content (AvgIpc) is 3.42. The van der Waals surface area contributed by atoms with Crippen molar-refractivity contribution in [3.05, 3.63) is 95.9 Å². The van der Waals surface area contributed by atoms with Gasteiger partial charge in [0.1, 0.15) is 5.60 Å². The minimum atomic E-state index is -2.11. The first-order chi connectivity index (χ1) is 28.0. The van der Waals surface area contributed by atoms with Gasteiger partial charge >= 0.3 is 11.9 Å². The van der Waals surface area contributed by atoms with Crippen molar-refractivity contribution in [2.75, 3.05) is 25.1 Å². The molecule has 0 radical (unpaired) electrons. The van der Waals surface area contributed by atoms with E-state index >= 15 is 4.39 Å². The van der Waals surface area contributed by atoms with E-state index in [4.69, 9.17) is 15.2 Å². The minimum Gasteiger partial charge on any atom is -0.465 e. The van der Waals surface area contributed by atoms with Gasteiger partial charge in [0, 0.05) is 53.2 Å². The second kappa shape index (κ2) is 16.2. The second-order valence-corrected chi connectivity index (χ2v) is 17.2. The number of hydrogen-bond donors (Lipinski definition) is 4. The number of amides is 1. The molecule has 1 unspecified atom stereocenters. The number of aromatic nitrogens is 1. The summed E-state index contributed by atoms with van der Waals surface area (Å²) in [4.78, 5) is 68.3. The molecule has 2 aromatic carbocycles. The Bertz CT molecular complexity index is 2230. The highest BCUT2D eigenvalue weighted by atomic mass is 19.1. The largest absolute Gasteiger partial charge is 0.465 e. The van der Waals surface area contributed by atoms with E-state index in [1.807, 2.05) is 48.5 Å². The lowest BCUT2D eigenvalue weighted by atomic mass is 9.44. The zero-order valence-electron chi connectivity index (χ0n) is 33.6. The predicted molar refractivity (Wildman–Crippen MR) is 216 cm³/mol. The Morgan fingerprint density at radius 3 is 2.47 bits per heavy atom. The molecule has 3 fully saturated rings. The molecule has 13 heteroatoms. The highest BCUT2D eigenvalue weighted by Gasteiger charge is 2.75. The van der Waals surface area contributed by atoms with Gasteiger partial charge in [0.05, 0.1) is 31.5 Å². The number of ether oxygens (including phenoxy) is 2. The number of nitrogens with one attached hydrogen (secondary N) is 1. The van der Waals surface area contributed by atoms with Crippen molar-refractivity contribution in [2.24, 2.45) is 34.3 Å². The first-order valence-corrected chi connectivity index (χ1v) is 20.4. The molecule has 0 bridgehead atoms. The molecular formula is C46H52FN3O9. The van der Waals surface area contributed by atoms with Crippen molar-refractivity contribution in [1.82, 2.24) is 4.98 Å². The fourth-order valence-corrected chi connectivity index (χ4v) is 10.7. The average molecular weight is 810 g/mol. The highest BCUT2D eigenvalue weighted by Crippen LogP contribution is 2.70. The number of alkyl halides is 1. The Morgan fingerprint density at radius 2 is 1.75 bits per heavy atom. The van der Waals surface area contributed by atoms with E-state index in [-0.39, 0.29) is 44.1 Å². The van der Waals surface area contributed by atoms with Gasteiger partial charge in [-0.15, -0.1) is 0 Å². The van der Waals surface area contributed by atoms with Crippen LogP contribution >= 0.6 is 0 Å². The monoisotopic (exact) mass is 809 g/mol. The zero-order chi connectivity index (χ0) is 42.3. The van der Waals surface area contributed by atoms with Crippen molar-refractivity contribution in [1.29, 1.82) is 0 Å². The number of halogens is 1. The zero-order valence-corrected chi connectivity index (χ0v) is 33.6. The van der Waals surface area contributed by atoms with Crippen LogP contribution in [-0.2, 0) is 39.9 Å². The van der Waals surface area contributed by atoms with E-state index in [2.05, 4.69) is 10.3 Å². The Balaban J connectivity index is 0.866. The van der Waals surface area contributed by atoms with Crippen LogP contribution in [-0.4, -0.2) is 81.7 Å². The maximum Gasteiger partial charge on any atom is 0.306 e. The lowest BCUT2D eigenvalue weighted by Gasteiger charge is -2.62. The molecule has 4 aliphatic carbocycles. The van der Waals surface area contributed by atoms with Crippen LogP contribution in [0.3, 0.4) is 0 Å². The number of aliphatic hydroxyl groups excluding tert-OH is 1. The summed E-state index contributed by atoms with van der Waals surface area (Å²) in [6.07, 6.45) is 6.99. The molecule has 0 spiro atoms. The van der Waals surface area contributed by atoms with Gasteiger partial charge in [-0.25, -0.2) is 4.39 Å². The minimum absolute atomic E-state index is 0.0485. The van der Waals surface area contributed by atoms with Crippen LogP contribution in [0.15, 0.2) is 84.7 Å². The summed E-state index contributed by atoms with van der Waals surface area (Å²) in [5, 5.41) is 28.5. The summed E-state index contributed by atoms with van der Waals surface area (Å²) < 4.78 is 28.0. The second-order valence-electron chi connectivity index (χ2n) is 17.2. The number of Topliss-reactive ketones (excluding diaryl/α,β-unsaturated/α-hetero) is 1. The van der Waals surface area contributed by atoms with Gasteiger partial charge in [-0.05, 0) is 91.3 Å². The summed E-state index contributed by atoms with van der Waals surface area (Å²) in [5.41, 5.74) is 2.36. The maximum absolute atomic E-state index is 17.4. The number of allylic oxidation sites excluding steroid dienone is 4. The molecule has 59 heavy (non-hydrogen) atoms. The highest BCUT2D eigenvalue weighted by molar-refractivity contribution is 6.01.